The summed E-state index contributed by atoms with van der Waals surface area (Å²) in [5, 5.41) is 2.86. The lowest BCUT2D eigenvalue weighted by Crippen LogP contribution is -2.38. The van der Waals surface area contributed by atoms with Gasteiger partial charge in [0.2, 0.25) is 0 Å². The van der Waals surface area contributed by atoms with Gasteiger partial charge in [-0.05, 0) is 34.5 Å². The molecule has 1 fully saturated rings. The lowest BCUT2D eigenvalue weighted by Gasteiger charge is -2.12. The summed E-state index contributed by atoms with van der Waals surface area (Å²) in [6, 6.07) is 5.46. The summed E-state index contributed by atoms with van der Waals surface area (Å²) in [6.45, 7) is 1.25. The minimum atomic E-state index is -0.148. The number of carbonyl (C=O) groups excluding carboxylic acids is 1. The summed E-state index contributed by atoms with van der Waals surface area (Å²) in [4.78, 5) is 11.7. The van der Waals surface area contributed by atoms with Gasteiger partial charge in [0, 0.05) is 12.7 Å². The molecule has 5 nitrogen and oxygen atoms in total. The average Bonchev–Trinajstić information content (AvgIpc) is 2.90. The highest BCUT2D eigenvalue weighted by Crippen LogP contribution is 2.29. The Balaban J connectivity index is 1.85. The van der Waals surface area contributed by atoms with Crippen molar-refractivity contribution < 1.29 is 19.0 Å². The fourth-order valence-electron chi connectivity index (χ4n) is 1.78. The number of nitrogens with one attached hydrogen (secondary N) is 1. The van der Waals surface area contributed by atoms with E-state index < -0.39 is 0 Å². The molecule has 1 atom stereocenters. The van der Waals surface area contributed by atoms with Crippen molar-refractivity contribution in [2.24, 2.45) is 0 Å². The van der Waals surface area contributed by atoms with Crippen molar-refractivity contribution in [2.45, 2.75) is 12.5 Å². The zero-order valence-electron chi connectivity index (χ0n) is 10.6. The number of benzene rings is 1. The normalized spacial score (nSPS) is 18.1. The Labute approximate surface area is 120 Å². The van der Waals surface area contributed by atoms with Gasteiger partial charge >= 0.3 is 0 Å². The molecule has 1 aliphatic heterocycles. The number of hydrogen-bond donors (Lipinski definition) is 1. The van der Waals surface area contributed by atoms with Gasteiger partial charge in [-0.25, -0.2) is 0 Å². The van der Waals surface area contributed by atoms with Gasteiger partial charge in [0.15, 0.2) is 6.61 Å². The van der Waals surface area contributed by atoms with E-state index in [2.05, 4.69) is 21.2 Å². The molecule has 1 aromatic rings. The van der Waals surface area contributed by atoms with E-state index in [4.69, 9.17) is 14.2 Å². The zero-order chi connectivity index (χ0) is 13.7. The molecule has 1 N–H and O–H groups in total. The molecule has 0 aliphatic carbocycles. The first-order valence-electron chi connectivity index (χ1n) is 6.02. The Bertz CT molecular complexity index is 446. The van der Waals surface area contributed by atoms with Crippen molar-refractivity contribution in [3.8, 4) is 11.5 Å². The van der Waals surface area contributed by atoms with E-state index in [0.29, 0.717) is 24.7 Å². The van der Waals surface area contributed by atoms with Crippen LogP contribution in [0, 0.1) is 0 Å². The SMILES string of the molecule is COc1ccc(Br)c(OCC(=O)NC2CCOC2)c1. The fourth-order valence-corrected chi connectivity index (χ4v) is 2.14. The highest BCUT2D eigenvalue weighted by Gasteiger charge is 2.18. The van der Waals surface area contributed by atoms with Crippen LogP contribution in [0.25, 0.3) is 0 Å². The van der Waals surface area contributed by atoms with Gasteiger partial charge in [-0.3, -0.25) is 4.79 Å². The van der Waals surface area contributed by atoms with E-state index in [9.17, 15) is 4.79 Å². The Morgan fingerprint density at radius 1 is 1.58 bits per heavy atom. The van der Waals surface area contributed by atoms with Crippen molar-refractivity contribution in [1.82, 2.24) is 5.32 Å². The molecule has 0 saturated carbocycles. The molecule has 19 heavy (non-hydrogen) atoms. The van der Waals surface area contributed by atoms with Crippen LogP contribution < -0.4 is 14.8 Å². The van der Waals surface area contributed by atoms with Gasteiger partial charge in [-0.1, -0.05) is 0 Å². The van der Waals surface area contributed by atoms with Crippen LogP contribution >= 0.6 is 15.9 Å². The molecule has 1 aromatic carbocycles. The minimum Gasteiger partial charge on any atom is -0.497 e. The monoisotopic (exact) mass is 329 g/mol. The van der Waals surface area contributed by atoms with Gasteiger partial charge in [-0.2, -0.15) is 0 Å². The quantitative estimate of drug-likeness (QED) is 0.894. The Morgan fingerprint density at radius 2 is 2.42 bits per heavy atom. The molecule has 0 spiro atoms. The van der Waals surface area contributed by atoms with Crippen molar-refractivity contribution in [3.63, 3.8) is 0 Å². The maximum atomic E-state index is 11.7. The van der Waals surface area contributed by atoms with E-state index >= 15 is 0 Å². The lowest BCUT2D eigenvalue weighted by molar-refractivity contribution is -0.123. The minimum absolute atomic E-state index is 0.0255. The predicted molar refractivity (Wildman–Crippen MR) is 73.6 cm³/mol. The maximum Gasteiger partial charge on any atom is 0.258 e. The Hall–Kier alpha value is -1.27. The van der Waals surface area contributed by atoms with Crippen molar-refractivity contribution in [2.75, 3.05) is 26.9 Å². The molecule has 0 bridgehead atoms. The first-order chi connectivity index (χ1) is 9.19. The first-order valence-corrected chi connectivity index (χ1v) is 6.82. The maximum absolute atomic E-state index is 11.7. The molecule has 1 unspecified atom stereocenters. The molecule has 104 valence electrons. The van der Waals surface area contributed by atoms with E-state index in [0.717, 1.165) is 10.9 Å². The van der Waals surface area contributed by atoms with Crippen LogP contribution in [0.2, 0.25) is 0 Å². The van der Waals surface area contributed by atoms with Gasteiger partial charge in [-0.15, -0.1) is 0 Å². The van der Waals surface area contributed by atoms with E-state index in [-0.39, 0.29) is 18.6 Å². The number of methoxy groups -OCH3 is 1. The number of amides is 1. The topological polar surface area (TPSA) is 56.8 Å². The van der Waals surface area contributed by atoms with Crippen LogP contribution in [0.15, 0.2) is 22.7 Å². The summed E-state index contributed by atoms with van der Waals surface area (Å²) in [5.41, 5.74) is 0. The summed E-state index contributed by atoms with van der Waals surface area (Å²) in [5.74, 6) is 1.12. The van der Waals surface area contributed by atoms with Gasteiger partial charge < -0.3 is 19.5 Å². The number of halogens is 1. The molecule has 2 rings (SSSR count). The number of ether oxygens (including phenoxy) is 3. The lowest BCUT2D eigenvalue weighted by atomic mass is 10.2. The summed E-state index contributed by atoms with van der Waals surface area (Å²) in [7, 11) is 1.58. The highest BCUT2D eigenvalue weighted by molar-refractivity contribution is 9.10. The summed E-state index contributed by atoms with van der Waals surface area (Å²) >= 11 is 3.37. The predicted octanol–water partition coefficient (Wildman–Crippen LogP) is 1.74. The molecule has 1 amide bonds. The van der Waals surface area contributed by atoms with Gasteiger partial charge in [0.05, 0.1) is 24.2 Å². The standard InChI is InChI=1S/C13H16BrNO4/c1-17-10-2-3-11(14)12(6-10)19-8-13(16)15-9-4-5-18-7-9/h2-3,6,9H,4-5,7-8H2,1H3,(H,15,16). The second-order valence-corrected chi connectivity index (χ2v) is 5.07. The fraction of sp³-hybridized carbons (Fsp3) is 0.462. The first kappa shape index (κ1) is 14.1. The molecule has 0 radical (unpaired) electrons. The third kappa shape index (κ3) is 4.11. The molecule has 1 saturated heterocycles. The van der Waals surface area contributed by atoms with Gasteiger partial charge in [0.1, 0.15) is 11.5 Å². The van der Waals surface area contributed by atoms with Crippen LogP contribution in [0.5, 0.6) is 11.5 Å². The largest absolute Gasteiger partial charge is 0.497 e. The second-order valence-electron chi connectivity index (χ2n) is 4.21. The number of rotatable bonds is 5. The summed E-state index contributed by atoms with van der Waals surface area (Å²) < 4.78 is 16.6. The van der Waals surface area contributed by atoms with E-state index in [1.54, 1.807) is 13.2 Å². The average molecular weight is 330 g/mol. The zero-order valence-corrected chi connectivity index (χ0v) is 12.2. The van der Waals surface area contributed by atoms with E-state index in [1.165, 1.54) is 0 Å². The molecule has 1 aliphatic rings. The van der Waals surface area contributed by atoms with Crippen LogP contribution in [0.4, 0.5) is 0 Å². The molecular weight excluding hydrogens is 314 g/mol. The van der Waals surface area contributed by atoms with Crippen molar-refractivity contribution in [1.29, 1.82) is 0 Å². The van der Waals surface area contributed by atoms with Crippen LogP contribution in [0.3, 0.4) is 0 Å². The van der Waals surface area contributed by atoms with Crippen molar-refractivity contribution >= 4 is 21.8 Å². The van der Waals surface area contributed by atoms with Gasteiger partial charge in [0.25, 0.3) is 5.91 Å². The molecule has 1 heterocycles. The highest BCUT2D eigenvalue weighted by atomic mass is 79.9. The van der Waals surface area contributed by atoms with Crippen molar-refractivity contribution in [3.05, 3.63) is 22.7 Å². The summed E-state index contributed by atoms with van der Waals surface area (Å²) in [6.07, 6.45) is 0.856. The Morgan fingerprint density at radius 3 is 3.11 bits per heavy atom. The second kappa shape index (κ2) is 6.77. The molecule has 0 aromatic heterocycles. The smallest absolute Gasteiger partial charge is 0.258 e. The molecule has 6 heteroatoms. The van der Waals surface area contributed by atoms with E-state index in [1.807, 2.05) is 12.1 Å². The Kier molecular flexibility index (Phi) is 5.04. The van der Waals surface area contributed by atoms with Crippen LogP contribution in [-0.4, -0.2) is 38.9 Å². The van der Waals surface area contributed by atoms with Crippen LogP contribution in [-0.2, 0) is 9.53 Å². The number of carbonyl (C=O) groups is 1. The molecular formula is C13H16BrNO4. The third-order valence-electron chi connectivity index (χ3n) is 2.79. The number of hydrogen-bond acceptors (Lipinski definition) is 4. The third-order valence-corrected chi connectivity index (χ3v) is 3.45. The van der Waals surface area contributed by atoms with Crippen LogP contribution in [0.1, 0.15) is 6.42 Å².